The van der Waals surface area contributed by atoms with Gasteiger partial charge >= 0.3 is 0 Å². The van der Waals surface area contributed by atoms with Gasteiger partial charge in [-0.05, 0) is 35.4 Å². The number of piperazine rings is 1. The molecule has 2 aromatic carbocycles. The summed E-state index contributed by atoms with van der Waals surface area (Å²) in [5.41, 5.74) is 1.68. The first-order valence-electron chi connectivity index (χ1n) is 8.23. The fourth-order valence-corrected chi connectivity index (χ4v) is 4.41. The van der Waals surface area contributed by atoms with E-state index in [2.05, 4.69) is 4.90 Å². The van der Waals surface area contributed by atoms with Gasteiger partial charge in [-0.2, -0.15) is 4.31 Å². The van der Waals surface area contributed by atoms with Crippen molar-refractivity contribution < 1.29 is 18.6 Å². The molecule has 0 spiro atoms. The van der Waals surface area contributed by atoms with Gasteiger partial charge in [-0.1, -0.05) is 24.3 Å². The Morgan fingerprint density at radius 2 is 1.60 bits per heavy atom. The lowest BCUT2D eigenvalue weighted by Gasteiger charge is -2.33. The van der Waals surface area contributed by atoms with E-state index in [0.29, 0.717) is 32.7 Å². The topological polar surface area (TPSA) is 81.1 Å². The third-order valence-electron chi connectivity index (χ3n) is 4.42. The molecular weight excluding hydrogens is 340 g/mol. The number of sulfonamides is 1. The van der Waals surface area contributed by atoms with Crippen molar-refractivity contribution in [3.05, 3.63) is 48.5 Å². The molecule has 1 aliphatic rings. The van der Waals surface area contributed by atoms with Gasteiger partial charge in [0.05, 0.1) is 11.5 Å². The van der Waals surface area contributed by atoms with E-state index in [0.717, 1.165) is 11.1 Å². The quantitative estimate of drug-likeness (QED) is 0.839. The van der Waals surface area contributed by atoms with E-state index in [-0.39, 0.29) is 17.3 Å². The number of hydrogen-bond acceptors (Lipinski definition) is 5. The Labute approximate surface area is 148 Å². The number of aliphatic hydroxyl groups excluding tert-OH is 1. The van der Waals surface area contributed by atoms with Crippen LogP contribution in [0.4, 0.5) is 0 Å². The Kier molecular flexibility index (Phi) is 5.39. The molecule has 0 atom stereocenters. The summed E-state index contributed by atoms with van der Waals surface area (Å²) in [4.78, 5) is 2.32. The standard InChI is InChI=1S/C18H22N2O4S/c21-13-12-19-8-10-20(11-9-19)25(23,24)18-6-4-15(5-7-18)16-2-1-3-17(22)14-16/h1-7,14,21-22H,8-13H2. The maximum absolute atomic E-state index is 12.8. The highest BCUT2D eigenvalue weighted by Crippen LogP contribution is 2.25. The number of benzene rings is 2. The second-order valence-electron chi connectivity index (χ2n) is 6.04. The van der Waals surface area contributed by atoms with E-state index in [1.54, 1.807) is 42.5 Å². The molecule has 1 heterocycles. The molecule has 134 valence electrons. The van der Waals surface area contributed by atoms with Gasteiger partial charge in [0.1, 0.15) is 5.75 Å². The van der Waals surface area contributed by atoms with Crippen LogP contribution in [-0.2, 0) is 10.0 Å². The SMILES string of the molecule is O=S(=O)(c1ccc(-c2cccc(O)c2)cc1)N1CCN(CCO)CC1. The number of aliphatic hydroxyl groups is 1. The van der Waals surface area contributed by atoms with Crippen LogP contribution in [0, 0.1) is 0 Å². The Morgan fingerprint density at radius 1 is 0.920 bits per heavy atom. The van der Waals surface area contributed by atoms with Crippen molar-refractivity contribution in [2.45, 2.75) is 4.90 Å². The van der Waals surface area contributed by atoms with Crippen molar-refractivity contribution in [1.29, 1.82) is 0 Å². The van der Waals surface area contributed by atoms with E-state index >= 15 is 0 Å². The first-order valence-corrected chi connectivity index (χ1v) is 9.67. The van der Waals surface area contributed by atoms with Gasteiger partial charge in [-0.15, -0.1) is 0 Å². The molecule has 0 unspecified atom stereocenters. The van der Waals surface area contributed by atoms with E-state index < -0.39 is 10.0 Å². The van der Waals surface area contributed by atoms with Gasteiger partial charge in [0.25, 0.3) is 0 Å². The van der Waals surface area contributed by atoms with Gasteiger partial charge in [-0.3, -0.25) is 4.90 Å². The number of aromatic hydroxyl groups is 1. The zero-order valence-corrected chi connectivity index (χ0v) is 14.7. The molecule has 1 saturated heterocycles. The highest BCUT2D eigenvalue weighted by Gasteiger charge is 2.28. The summed E-state index contributed by atoms with van der Waals surface area (Å²) >= 11 is 0. The summed E-state index contributed by atoms with van der Waals surface area (Å²) in [6, 6.07) is 13.6. The van der Waals surface area contributed by atoms with E-state index in [1.807, 2.05) is 6.07 Å². The largest absolute Gasteiger partial charge is 0.508 e. The number of phenolic OH excluding ortho intramolecular Hbond substituents is 1. The minimum absolute atomic E-state index is 0.0866. The maximum Gasteiger partial charge on any atom is 0.243 e. The van der Waals surface area contributed by atoms with Crippen molar-refractivity contribution in [2.24, 2.45) is 0 Å². The minimum atomic E-state index is -3.51. The molecule has 0 bridgehead atoms. The summed E-state index contributed by atoms with van der Waals surface area (Å²) in [7, 11) is -3.51. The highest BCUT2D eigenvalue weighted by molar-refractivity contribution is 7.89. The summed E-state index contributed by atoms with van der Waals surface area (Å²) in [6.45, 7) is 2.77. The molecule has 1 aliphatic heterocycles. The average molecular weight is 362 g/mol. The molecule has 1 fully saturated rings. The summed E-state index contributed by atoms with van der Waals surface area (Å²) in [5.74, 6) is 0.176. The zero-order chi connectivity index (χ0) is 17.9. The number of rotatable bonds is 5. The van der Waals surface area contributed by atoms with E-state index in [1.165, 1.54) is 4.31 Å². The van der Waals surface area contributed by atoms with E-state index in [4.69, 9.17) is 5.11 Å². The highest BCUT2D eigenvalue weighted by atomic mass is 32.2. The predicted octanol–water partition coefficient (Wildman–Crippen LogP) is 1.36. The van der Waals surface area contributed by atoms with Crippen LogP contribution in [0.25, 0.3) is 11.1 Å². The van der Waals surface area contributed by atoms with Crippen molar-refractivity contribution in [2.75, 3.05) is 39.3 Å². The van der Waals surface area contributed by atoms with Crippen LogP contribution >= 0.6 is 0 Å². The smallest absolute Gasteiger partial charge is 0.243 e. The molecule has 0 aromatic heterocycles. The molecular formula is C18H22N2O4S. The lowest BCUT2D eigenvalue weighted by molar-refractivity contribution is 0.151. The Bertz CT molecular complexity index is 813. The van der Waals surface area contributed by atoms with Crippen LogP contribution in [0.1, 0.15) is 0 Å². The normalized spacial score (nSPS) is 16.8. The zero-order valence-electron chi connectivity index (χ0n) is 13.9. The Morgan fingerprint density at radius 3 is 2.20 bits per heavy atom. The molecule has 0 radical (unpaired) electrons. The van der Waals surface area contributed by atoms with Crippen molar-refractivity contribution in [1.82, 2.24) is 9.21 Å². The van der Waals surface area contributed by atoms with Crippen LogP contribution in [0.15, 0.2) is 53.4 Å². The number of nitrogens with zero attached hydrogens (tertiary/aromatic N) is 2. The molecule has 2 aromatic rings. The molecule has 6 nitrogen and oxygen atoms in total. The van der Waals surface area contributed by atoms with Crippen molar-refractivity contribution >= 4 is 10.0 Å². The fourth-order valence-electron chi connectivity index (χ4n) is 2.99. The Balaban J connectivity index is 1.75. The molecule has 7 heteroatoms. The van der Waals surface area contributed by atoms with Crippen LogP contribution < -0.4 is 0 Å². The first kappa shape index (κ1) is 17.9. The van der Waals surface area contributed by atoms with Crippen LogP contribution in [0.2, 0.25) is 0 Å². The molecule has 0 amide bonds. The van der Waals surface area contributed by atoms with Crippen LogP contribution in [0.5, 0.6) is 5.75 Å². The van der Waals surface area contributed by atoms with Crippen LogP contribution in [0.3, 0.4) is 0 Å². The first-order chi connectivity index (χ1) is 12.0. The molecule has 25 heavy (non-hydrogen) atoms. The second-order valence-corrected chi connectivity index (χ2v) is 7.98. The number of hydrogen-bond donors (Lipinski definition) is 2. The fraction of sp³-hybridized carbons (Fsp3) is 0.333. The van der Waals surface area contributed by atoms with Crippen molar-refractivity contribution in [3.63, 3.8) is 0 Å². The third-order valence-corrected chi connectivity index (χ3v) is 6.33. The van der Waals surface area contributed by atoms with Gasteiger partial charge in [0.15, 0.2) is 0 Å². The molecule has 2 N–H and O–H groups in total. The second kappa shape index (κ2) is 7.53. The lowest BCUT2D eigenvalue weighted by atomic mass is 10.1. The lowest BCUT2D eigenvalue weighted by Crippen LogP contribution is -2.49. The van der Waals surface area contributed by atoms with Gasteiger partial charge in [0.2, 0.25) is 10.0 Å². The molecule has 0 aliphatic carbocycles. The average Bonchev–Trinajstić information content (AvgIpc) is 2.63. The summed E-state index contributed by atoms with van der Waals surface area (Å²) in [6.07, 6.45) is 0. The van der Waals surface area contributed by atoms with Gasteiger partial charge in [-0.25, -0.2) is 8.42 Å². The van der Waals surface area contributed by atoms with Gasteiger partial charge in [0, 0.05) is 32.7 Å². The minimum Gasteiger partial charge on any atom is -0.508 e. The maximum atomic E-state index is 12.8. The number of phenols is 1. The third kappa shape index (κ3) is 4.01. The van der Waals surface area contributed by atoms with Crippen LogP contribution in [-0.4, -0.2) is 67.2 Å². The number of β-amino-alcohol motifs (C(OH)–C–C–N with tert-alkyl or cyclic N) is 1. The van der Waals surface area contributed by atoms with E-state index in [9.17, 15) is 13.5 Å². The monoisotopic (exact) mass is 362 g/mol. The Hall–Kier alpha value is -1.93. The van der Waals surface area contributed by atoms with Gasteiger partial charge < -0.3 is 10.2 Å². The summed E-state index contributed by atoms with van der Waals surface area (Å²) < 4.78 is 27.0. The summed E-state index contributed by atoms with van der Waals surface area (Å²) in [5, 5.41) is 18.5. The van der Waals surface area contributed by atoms with Crippen molar-refractivity contribution in [3.8, 4) is 16.9 Å². The molecule has 0 saturated carbocycles. The predicted molar refractivity (Wildman–Crippen MR) is 95.8 cm³/mol. The molecule has 3 rings (SSSR count).